The number of nitrogens with one attached hydrogen (secondary N) is 1. The highest BCUT2D eigenvalue weighted by molar-refractivity contribution is 6.36. The Morgan fingerprint density at radius 2 is 1.75 bits per heavy atom. The smallest absolute Gasteiger partial charge is 0.248 e. The van der Waals surface area contributed by atoms with E-state index >= 15 is 0 Å². The van der Waals surface area contributed by atoms with Crippen LogP contribution in [-0.4, -0.2) is 5.91 Å². The molecule has 20 heavy (non-hydrogen) atoms. The van der Waals surface area contributed by atoms with Crippen molar-refractivity contribution in [3.63, 3.8) is 0 Å². The van der Waals surface area contributed by atoms with Crippen LogP contribution in [0.4, 0.5) is 5.69 Å². The minimum absolute atomic E-state index is 0.297. The van der Waals surface area contributed by atoms with E-state index in [9.17, 15) is 4.79 Å². The predicted molar refractivity (Wildman–Crippen MR) is 85.6 cm³/mol. The zero-order valence-corrected chi connectivity index (χ0v) is 12.5. The van der Waals surface area contributed by atoms with Crippen LogP contribution in [0.5, 0.6) is 0 Å². The van der Waals surface area contributed by atoms with Crippen LogP contribution in [0.2, 0.25) is 15.1 Å². The van der Waals surface area contributed by atoms with Gasteiger partial charge >= 0.3 is 0 Å². The fourth-order valence-electron chi connectivity index (χ4n) is 1.54. The van der Waals surface area contributed by atoms with Gasteiger partial charge in [0.25, 0.3) is 0 Å². The van der Waals surface area contributed by atoms with Crippen LogP contribution in [0.15, 0.2) is 48.5 Å². The molecule has 5 heteroatoms. The lowest BCUT2D eigenvalue weighted by molar-refractivity contribution is -0.111. The molecule has 0 aliphatic rings. The molecule has 0 spiro atoms. The molecule has 1 amide bonds. The first-order valence-corrected chi connectivity index (χ1v) is 6.88. The molecule has 0 radical (unpaired) electrons. The van der Waals surface area contributed by atoms with E-state index in [0.717, 1.165) is 5.56 Å². The van der Waals surface area contributed by atoms with Crippen molar-refractivity contribution in [2.45, 2.75) is 0 Å². The van der Waals surface area contributed by atoms with E-state index in [1.165, 1.54) is 6.08 Å². The number of carbonyl (C=O) groups is 1. The third-order valence-electron chi connectivity index (χ3n) is 2.51. The molecule has 0 aliphatic carbocycles. The van der Waals surface area contributed by atoms with Crippen molar-refractivity contribution in [3.8, 4) is 0 Å². The first-order valence-electron chi connectivity index (χ1n) is 5.75. The topological polar surface area (TPSA) is 29.1 Å². The molecule has 0 unspecified atom stereocenters. The summed E-state index contributed by atoms with van der Waals surface area (Å²) in [5, 5.41) is 4.15. The highest BCUT2D eigenvalue weighted by atomic mass is 35.5. The summed E-state index contributed by atoms with van der Waals surface area (Å²) in [5.74, 6) is -0.297. The van der Waals surface area contributed by atoms with Gasteiger partial charge in [0, 0.05) is 16.1 Å². The second-order valence-corrected chi connectivity index (χ2v) is 5.22. The van der Waals surface area contributed by atoms with Crippen LogP contribution < -0.4 is 5.32 Å². The molecule has 0 heterocycles. The monoisotopic (exact) mass is 325 g/mol. The van der Waals surface area contributed by atoms with Crippen LogP contribution in [0.1, 0.15) is 5.56 Å². The fourth-order valence-corrected chi connectivity index (χ4v) is 2.20. The van der Waals surface area contributed by atoms with Crippen LogP contribution in [0.3, 0.4) is 0 Å². The molecule has 0 saturated heterocycles. The molecule has 2 rings (SSSR count). The predicted octanol–water partition coefficient (Wildman–Crippen LogP) is 5.30. The Labute approximate surface area is 132 Å². The molecule has 0 bridgehead atoms. The van der Waals surface area contributed by atoms with Gasteiger partial charge in [-0.05, 0) is 35.9 Å². The Hall–Kier alpha value is -1.48. The van der Waals surface area contributed by atoms with Crippen molar-refractivity contribution in [1.82, 2.24) is 0 Å². The number of carbonyl (C=O) groups excluding carboxylic acids is 1. The maximum absolute atomic E-state index is 11.8. The van der Waals surface area contributed by atoms with E-state index in [2.05, 4.69) is 5.32 Å². The summed E-state index contributed by atoms with van der Waals surface area (Å²) in [6.07, 6.45) is 3.04. The van der Waals surface area contributed by atoms with Gasteiger partial charge in [0.05, 0.1) is 10.7 Å². The standard InChI is InChI=1S/C15H10Cl3NO/c16-11-6-7-14(13(18)9-11)19-15(20)8-5-10-3-1-2-4-12(10)17/h1-9H,(H,19,20). The van der Waals surface area contributed by atoms with Crippen LogP contribution in [0.25, 0.3) is 6.08 Å². The zero-order chi connectivity index (χ0) is 14.5. The molecular formula is C15H10Cl3NO. The fraction of sp³-hybridized carbons (Fsp3) is 0. The Morgan fingerprint density at radius 1 is 1.00 bits per heavy atom. The van der Waals surface area contributed by atoms with E-state index in [4.69, 9.17) is 34.8 Å². The summed E-state index contributed by atoms with van der Waals surface area (Å²) >= 11 is 17.7. The number of rotatable bonds is 3. The molecule has 0 aromatic heterocycles. The first kappa shape index (κ1) is 14.9. The van der Waals surface area contributed by atoms with E-state index < -0.39 is 0 Å². The van der Waals surface area contributed by atoms with Gasteiger partial charge in [-0.1, -0.05) is 53.0 Å². The van der Waals surface area contributed by atoms with Crippen molar-refractivity contribution in [3.05, 3.63) is 69.2 Å². The molecule has 2 aromatic carbocycles. The summed E-state index contributed by atoms with van der Waals surface area (Å²) in [7, 11) is 0. The zero-order valence-electron chi connectivity index (χ0n) is 10.2. The van der Waals surface area contributed by atoms with E-state index in [1.807, 2.05) is 18.2 Å². The molecule has 102 valence electrons. The molecule has 0 saturated carbocycles. The van der Waals surface area contributed by atoms with Gasteiger partial charge in [-0.25, -0.2) is 0 Å². The van der Waals surface area contributed by atoms with Crippen molar-refractivity contribution in [2.24, 2.45) is 0 Å². The first-order chi connectivity index (χ1) is 9.56. The summed E-state index contributed by atoms with van der Waals surface area (Å²) < 4.78 is 0. The second kappa shape index (κ2) is 6.80. The number of amides is 1. The van der Waals surface area contributed by atoms with Crippen LogP contribution >= 0.6 is 34.8 Å². The number of benzene rings is 2. The van der Waals surface area contributed by atoms with Gasteiger partial charge in [-0.15, -0.1) is 0 Å². The maximum atomic E-state index is 11.8. The third kappa shape index (κ3) is 4.01. The van der Waals surface area contributed by atoms with Crippen LogP contribution in [0, 0.1) is 0 Å². The van der Waals surface area contributed by atoms with Crippen molar-refractivity contribution >= 4 is 52.5 Å². The average Bonchev–Trinajstić information content (AvgIpc) is 2.41. The highest BCUT2D eigenvalue weighted by Crippen LogP contribution is 2.25. The Kier molecular flexibility index (Phi) is 5.07. The normalized spacial score (nSPS) is 10.8. The lowest BCUT2D eigenvalue weighted by atomic mass is 10.2. The summed E-state index contributed by atoms with van der Waals surface area (Å²) in [5.41, 5.74) is 1.27. The SMILES string of the molecule is O=C(C=Cc1ccccc1Cl)Nc1ccc(Cl)cc1Cl. The summed E-state index contributed by atoms with van der Waals surface area (Å²) in [6, 6.07) is 12.1. The average molecular weight is 327 g/mol. The number of halogens is 3. The summed E-state index contributed by atoms with van der Waals surface area (Å²) in [4.78, 5) is 11.8. The van der Waals surface area contributed by atoms with Gasteiger partial charge in [0.1, 0.15) is 0 Å². The number of anilines is 1. The van der Waals surface area contributed by atoms with Crippen molar-refractivity contribution < 1.29 is 4.79 Å². The number of hydrogen-bond donors (Lipinski definition) is 1. The molecule has 1 N–H and O–H groups in total. The van der Waals surface area contributed by atoms with E-state index in [1.54, 1.807) is 30.3 Å². The molecule has 2 aromatic rings. The van der Waals surface area contributed by atoms with Gasteiger partial charge in [0.15, 0.2) is 0 Å². The quantitative estimate of drug-likeness (QED) is 0.762. The van der Waals surface area contributed by atoms with Crippen molar-refractivity contribution in [2.75, 3.05) is 5.32 Å². The van der Waals surface area contributed by atoms with Crippen molar-refractivity contribution in [1.29, 1.82) is 0 Å². The number of hydrogen-bond acceptors (Lipinski definition) is 1. The Morgan fingerprint density at radius 3 is 2.45 bits per heavy atom. The maximum Gasteiger partial charge on any atom is 0.248 e. The van der Waals surface area contributed by atoms with Crippen LogP contribution in [-0.2, 0) is 4.79 Å². The third-order valence-corrected chi connectivity index (χ3v) is 3.40. The van der Waals surface area contributed by atoms with E-state index in [0.29, 0.717) is 20.8 Å². The molecular weight excluding hydrogens is 317 g/mol. The van der Waals surface area contributed by atoms with Gasteiger partial charge in [-0.3, -0.25) is 4.79 Å². The minimum Gasteiger partial charge on any atom is -0.321 e. The largest absolute Gasteiger partial charge is 0.321 e. The minimum atomic E-state index is -0.297. The molecule has 2 nitrogen and oxygen atoms in total. The van der Waals surface area contributed by atoms with Gasteiger partial charge < -0.3 is 5.32 Å². The molecule has 0 fully saturated rings. The van der Waals surface area contributed by atoms with Gasteiger partial charge in [0.2, 0.25) is 5.91 Å². The van der Waals surface area contributed by atoms with Gasteiger partial charge in [-0.2, -0.15) is 0 Å². The Bertz CT molecular complexity index is 668. The highest BCUT2D eigenvalue weighted by Gasteiger charge is 2.04. The lowest BCUT2D eigenvalue weighted by Gasteiger charge is -2.05. The molecule has 0 atom stereocenters. The van der Waals surface area contributed by atoms with E-state index in [-0.39, 0.29) is 5.91 Å². The molecule has 0 aliphatic heterocycles. The lowest BCUT2D eigenvalue weighted by Crippen LogP contribution is -2.08. The summed E-state index contributed by atoms with van der Waals surface area (Å²) in [6.45, 7) is 0. The second-order valence-electron chi connectivity index (χ2n) is 3.97. The Balaban J connectivity index is 2.08.